The Bertz CT molecular complexity index is 659. The normalized spacial score (nSPS) is 10.2. The smallest absolute Gasteiger partial charge is 0.340 e. The van der Waals surface area contributed by atoms with Crippen LogP contribution in [0.5, 0.6) is 0 Å². The summed E-state index contributed by atoms with van der Waals surface area (Å²) < 4.78 is 18.1. The van der Waals surface area contributed by atoms with Crippen molar-refractivity contribution in [2.75, 3.05) is 18.2 Å². The van der Waals surface area contributed by atoms with Crippen LogP contribution in [0, 0.1) is 12.7 Å². The summed E-state index contributed by atoms with van der Waals surface area (Å²) >= 11 is 0. The molecule has 0 aliphatic heterocycles. The minimum Gasteiger partial charge on any atom is -0.465 e. The van der Waals surface area contributed by atoms with Crippen molar-refractivity contribution >= 4 is 23.2 Å². The molecule has 1 aromatic carbocycles. The first-order chi connectivity index (χ1) is 9.51. The highest BCUT2D eigenvalue weighted by Gasteiger charge is 2.12. The van der Waals surface area contributed by atoms with E-state index in [1.54, 1.807) is 19.1 Å². The van der Waals surface area contributed by atoms with E-state index in [2.05, 4.69) is 15.0 Å². The Morgan fingerprint density at radius 1 is 1.40 bits per heavy atom. The number of ether oxygens (including phenoxy) is 1. The Hall–Kier alpha value is -2.63. The van der Waals surface area contributed by atoms with E-state index in [0.29, 0.717) is 17.1 Å². The number of hydrogen-bond acceptors (Lipinski definition) is 5. The molecule has 6 heteroatoms. The fourth-order valence-electron chi connectivity index (χ4n) is 1.64. The van der Waals surface area contributed by atoms with Crippen molar-refractivity contribution in [1.29, 1.82) is 0 Å². The molecule has 0 saturated carbocycles. The number of benzene rings is 1. The maximum Gasteiger partial charge on any atom is 0.340 e. The number of aromatic nitrogens is 1. The molecular formula is C14H14FN3O2. The summed E-state index contributed by atoms with van der Waals surface area (Å²) in [5.74, 6) is -0.496. The average molecular weight is 275 g/mol. The van der Waals surface area contributed by atoms with E-state index in [4.69, 9.17) is 5.73 Å². The van der Waals surface area contributed by atoms with Gasteiger partial charge in [0, 0.05) is 5.69 Å². The van der Waals surface area contributed by atoms with Crippen LogP contribution in [0.3, 0.4) is 0 Å². The fraction of sp³-hybridized carbons (Fsp3) is 0.143. The maximum absolute atomic E-state index is 13.5. The van der Waals surface area contributed by atoms with Crippen LogP contribution in [0.2, 0.25) is 0 Å². The first-order valence-electron chi connectivity index (χ1n) is 5.88. The second-order valence-electron chi connectivity index (χ2n) is 4.24. The van der Waals surface area contributed by atoms with Crippen LogP contribution in [0.4, 0.5) is 21.6 Å². The summed E-state index contributed by atoms with van der Waals surface area (Å²) in [6.45, 7) is 1.68. The average Bonchev–Trinajstić information content (AvgIpc) is 2.44. The van der Waals surface area contributed by atoms with Gasteiger partial charge in [-0.25, -0.2) is 14.2 Å². The molecule has 0 amide bonds. The number of carbonyl (C=O) groups excluding carboxylic acids is 1. The number of aryl methyl sites for hydroxylation is 1. The predicted molar refractivity (Wildman–Crippen MR) is 74.4 cm³/mol. The third-order valence-corrected chi connectivity index (χ3v) is 2.78. The highest BCUT2D eigenvalue weighted by Crippen LogP contribution is 2.21. The number of pyridine rings is 1. The first kappa shape index (κ1) is 13.8. The van der Waals surface area contributed by atoms with E-state index in [9.17, 15) is 9.18 Å². The first-order valence-corrected chi connectivity index (χ1v) is 5.88. The number of nitrogens with zero attached hydrogens (tertiary/aromatic N) is 1. The van der Waals surface area contributed by atoms with Crippen LogP contribution in [0.25, 0.3) is 0 Å². The zero-order valence-electron chi connectivity index (χ0n) is 11.1. The molecule has 2 aromatic rings. The molecular weight excluding hydrogens is 261 g/mol. The van der Waals surface area contributed by atoms with E-state index >= 15 is 0 Å². The predicted octanol–water partition coefficient (Wildman–Crippen LogP) is 2.64. The number of carbonyl (C=O) groups is 1. The highest BCUT2D eigenvalue weighted by atomic mass is 19.1. The fourth-order valence-corrected chi connectivity index (χ4v) is 1.64. The van der Waals surface area contributed by atoms with Gasteiger partial charge in [-0.05, 0) is 30.7 Å². The maximum atomic E-state index is 13.5. The van der Waals surface area contributed by atoms with Crippen molar-refractivity contribution < 1.29 is 13.9 Å². The van der Waals surface area contributed by atoms with Gasteiger partial charge < -0.3 is 15.8 Å². The molecule has 0 atom stereocenters. The van der Waals surface area contributed by atoms with Crippen molar-refractivity contribution in [3.8, 4) is 0 Å². The van der Waals surface area contributed by atoms with E-state index in [1.807, 2.05) is 0 Å². The molecule has 3 N–H and O–H groups in total. The van der Waals surface area contributed by atoms with Gasteiger partial charge in [-0.15, -0.1) is 0 Å². The van der Waals surface area contributed by atoms with Crippen LogP contribution in [0.15, 0.2) is 30.5 Å². The number of rotatable bonds is 3. The summed E-state index contributed by atoms with van der Waals surface area (Å²) in [5, 5.41) is 2.90. The van der Waals surface area contributed by atoms with Gasteiger partial charge in [0.2, 0.25) is 0 Å². The number of halogens is 1. The van der Waals surface area contributed by atoms with Crippen LogP contribution in [-0.4, -0.2) is 18.1 Å². The second kappa shape index (κ2) is 5.56. The summed E-state index contributed by atoms with van der Waals surface area (Å²) in [6, 6.07) is 6.18. The molecule has 0 aliphatic rings. The topological polar surface area (TPSA) is 77.2 Å². The Kier molecular flexibility index (Phi) is 3.84. The van der Waals surface area contributed by atoms with E-state index in [0.717, 1.165) is 0 Å². The van der Waals surface area contributed by atoms with Gasteiger partial charge in [0.1, 0.15) is 11.6 Å². The third-order valence-electron chi connectivity index (χ3n) is 2.78. The second-order valence-corrected chi connectivity index (χ2v) is 4.24. The van der Waals surface area contributed by atoms with Crippen LogP contribution in [0.1, 0.15) is 15.9 Å². The molecule has 1 heterocycles. The standard InChI is InChI=1S/C14H14FN3O2/c1-8-3-4-9(5-11(8)15)18-13-6-10(14(19)20-2)12(16)7-17-13/h3-7H,16H2,1-2H3,(H,17,18). The van der Waals surface area contributed by atoms with Crippen molar-refractivity contribution in [3.63, 3.8) is 0 Å². The Morgan fingerprint density at radius 3 is 2.80 bits per heavy atom. The lowest BCUT2D eigenvalue weighted by Gasteiger charge is -2.09. The highest BCUT2D eigenvalue weighted by molar-refractivity contribution is 5.95. The molecule has 0 bridgehead atoms. The van der Waals surface area contributed by atoms with Crippen molar-refractivity contribution in [2.45, 2.75) is 6.92 Å². The Labute approximate surface area is 115 Å². The van der Waals surface area contributed by atoms with Gasteiger partial charge in [0.15, 0.2) is 0 Å². The van der Waals surface area contributed by atoms with Gasteiger partial charge in [-0.2, -0.15) is 0 Å². The number of hydrogen-bond donors (Lipinski definition) is 2. The van der Waals surface area contributed by atoms with Crippen molar-refractivity contribution in [1.82, 2.24) is 4.98 Å². The van der Waals surface area contributed by atoms with Crippen molar-refractivity contribution in [3.05, 3.63) is 47.4 Å². The SMILES string of the molecule is COC(=O)c1cc(Nc2ccc(C)c(F)c2)ncc1N. The number of methoxy groups -OCH3 is 1. The largest absolute Gasteiger partial charge is 0.465 e. The van der Waals surface area contributed by atoms with Crippen molar-refractivity contribution in [2.24, 2.45) is 0 Å². The van der Waals surface area contributed by atoms with Crippen LogP contribution in [-0.2, 0) is 4.74 Å². The molecule has 104 valence electrons. The quantitative estimate of drug-likeness (QED) is 0.842. The lowest BCUT2D eigenvalue weighted by Crippen LogP contribution is -2.07. The van der Waals surface area contributed by atoms with Gasteiger partial charge in [0.25, 0.3) is 0 Å². The molecule has 0 unspecified atom stereocenters. The zero-order valence-corrected chi connectivity index (χ0v) is 11.1. The molecule has 0 fully saturated rings. The van der Waals surface area contributed by atoms with Gasteiger partial charge in [0.05, 0.1) is 24.6 Å². The summed E-state index contributed by atoms with van der Waals surface area (Å²) in [6.07, 6.45) is 1.35. The summed E-state index contributed by atoms with van der Waals surface area (Å²) in [5.41, 5.74) is 7.16. The molecule has 1 aromatic heterocycles. The number of nitrogens with two attached hydrogens (primary N) is 1. The molecule has 2 rings (SSSR count). The molecule has 0 aliphatic carbocycles. The van der Waals surface area contributed by atoms with Gasteiger partial charge in [-0.1, -0.05) is 6.07 Å². The Morgan fingerprint density at radius 2 is 2.15 bits per heavy atom. The van der Waals surface area contributed by atoms with Crippen LogP contribution >= 0.6 is 0 Å². The minimum absolute atomic E-state index is 0.206. The van der Waals surface area contributed by atoms with E-state index < -0.39 is 5.97 Å². The summed E-state index contributed by atoms with van der Waals surface area (Å²) in [7, 11) is 1.27. The lowest BCUT2D eigenvalue weighted by atomic mass is 10.2. The third kappa shape index (κ3) is 2.85. The molecule has 0 spiro atoms. The van der Waals surface area contributed by atoms with Gasteiger partial charge in [-0.3, -0.25) is 0 Å². The van der Waals surface area contributed by atoms with E-state index in [-0.39, 0.29) is 17.1 Å². The number of nitrogen functional groups attached to an aromatic ring is 1. The van der Waals surface area contributed by atoms with Crippen LogP contribution < -0.4 is 11.1 Å². The lowest BCUT2D eigenvalue weighted by molar-refractivity contribution is 0.0602. The zero-order chi connectivity index (χ0) is 14.7. The molecule has 0 saturated heterocycles. The monoisotopic (exact) mass is 275 g/mol. The number of nitrogens with one attached hydrogen (secondary N) is 1. The minimum atomic E-state index is -0.553. The number of esters is 1. The van der Waals surface area contributed by atoms with E-state index in [1.165, 1.54) is 25.4 Å². The number of anilines is 3. The molecule has 0 radical (unpaired) electrons. The summed E-state index contributed by atoms with van der Waals surface area (Å²) in [4.78, 5) is 15.6. The van der Waals surface area contributed by atoms with Gasteiger partial charge >= 0.3 is 5.97 Å². The molecule has 20 heavy (non-hydrogen) atoms. The Balaban J connectivity index is 2.29. The molecule has 5 nitrogen and oxygen atoms in total.